The van der Waals surface area contributed by atoms with Crippen molar-refractivity contribution in [1.82, 2.24) is 0 Å². The van der Waals surface area contributed by atoms with Gasteiger partial charge in [-0.1, -0.05) is 0 Å². The fraction of sp³-hybridized carbons (Fsp3) is 0.917. The number of carbonyl (C=O) groups excluding carboxylic acids is 1. The van der Waals surface area contributed by atoms with Crippen LogP contribution in [0.5, 0.6) is 0 Å². The lowest BCUT2D eigenvalue weighted by Gasteiger charge is -2.22. The molecule has 1 rings (SSSR count). The monoisotopic (exact) mass is 229 g/mol. The molecule has 0 aliphatic carbocycles. The van der Waals surface area contributed by atoms with Gasteiger partial charge in [-0.3, -0.25) is 4.79 Å². The van der Waals surface area contributed by atoms with Gasteiger partial charge in [0.05, 0.1) is 6.10 Å². The first kappa shape index (κ1) is 13.5. The fourth-order valence-electron chi connectivity index (χ4n) is 1.73. The van der Waals surface area contributed by atoms with Crippen molar-refractivity contribution in [3.05, 3.63) is 0 Å². The van der Waals surface area contributed by atoms with E-state index in [0.717, 1.165) is 25.9 Å². The summed E-state index contributed by atoms with van der Waals surface area (Å²) >= 11 is 0. The van der Waals surface area contributed by atoms with Crippen molar-refractivity contribution in [3.8, 4) is 0 Å². The Labute approximate surface area is 97.5 Å². The third kappa shape index (κ3) is 4.94. The summed E-state index contributed by atoms with van der Waals surface area (Å²) in [7, 11) is 0. The first-order valence-electron chi connectivity index (χ1n) is 5.98. The van der Waals surface area contributed by atoms with Gasteiger partial charge in [0.25, 0.3) is 0 Å². The number of nitrogens with two attached hydrogens (primary N) is 1. The summed E-state index contributed by atoms with van der Waals surface area (Å²) in [6.45, 7) is 6.37. The molecule has 1 aliphatic rings. The smallest absolute Gasteiger partial charge is 0.323 e. The van der Waals surface area contributed by atoms with Crippen molar-refractivity contribution in [3.63, 3.8) is 0 Å². The Balaban J connectivity index is 2.23. The van der Waals surface area contributed by atoms with Crippen molar-refractivity contribution >= 4 is 5.97 Å². The molecule has 0 amide bonds. The molecule has 2 N–H and O–H groups in total. The van der Waals surface area contributed by atoms with Crippen LogP contribution in [0.15, 0.2) is 0 Å². The Kier molecular flexibility index (Phi) is 4.74. The van der Waals surface area contributed by atoms with E-state index >= 15 is 0 Å². The zero-order chi connectivity index (χ0) is 12.2. The third-order valence-electron chi connectivity index (χ3n) is 2.53. The molecule has 0 aromatic heterocycles. The number of hydrogen-bond donors (Lipinski definition) is 1. The predicted molar refractivity (Wildman–Crippen MR) is 62.0 cm³/mol. The first-order chi connectivity index (χ1) is 7.38. The molecule has 16 heavy (non-hydrogen) atoms. The van der Waals surface area contributed by atoms with E-state index in [-0.39, 0.29) is 12.1 Å². The van der Waals surface area contributed by atoms with Gasteiger partial charge in [0.2, 0.25) is 0 Å². The summed E-state index contributed by atoms with van der Waals surface area (Å²) in [5.74, 6) is -0.314. The predicted octanol–water partition coefficient (Wildman–Crippen LogP) is 1.61. The largest absolute Gasteiger partial charge is 0.459 e. The number of ether oxygens (including phenoxy) is 2. The molecular formula is C12H23NO3. The van der Waals surface area contributed by atoms with Crippen LogP contribution < -0.4 is 5.73 Å². The molecule has 4 heteroatoms. The summed E-state index contributed by atoms with van der Waals surface area (Å²) < 4.78 is 10.7. The van der Waals surface area contributed by atoms with Crippen molar-refractivity contribution in [2.45, 2.75) is 64.2 Å². The second-order valence-electron chi connectivity index (χ2n) is 5.35. The SMILES string of the molecule is CC(C)(C)OC(=O)C(N)CCC1CCCO1. The Morgan fingerprint density at radius 1 is 1.56 bits per heavy atom. The van der Waals surface area contributed by atoms with E-state index in [1.807, 2.05) is 20.8 Å². The molecule has 0 radical (unpaired) electrons. The lowest BCUT2D eigenvalue weighted by molar-refractivity contribution is -0.156. The van der Waals surface area contributed by atoms with Gasteiger partial charge in [-0.05, 0) is 46.5 Å². The summed E-state index contributed by atoms with van der Waals surface area (Å²) in [5, 5.41) is 0. The second-order valence-corrected chi connectivity index (χ2v) is 5.35. The van der Waals surface area contributed by atoms with Gasteiger partial charge in [-0.25, -0.2) is 0 Å². The van der Waals surface area contributed by atoms with Crippen molar-refractivity contribution in [2.24, 2.45) is 5.73 Å². The molecule has 1 heterocycles. The van der Waals surface area contributed by atoms with Crippen molar-refractivity contribution < 1.29 is 14.3 Å². The highest BCUT2D eigenvalue weighted by molar-refractivity contribution is 5.75. The van der Waals surface area contributed by atoms with Crippen LogP contribution >= 0.6 is 0 Å². The van der Waals surface area contributed by atoms with Crippen LogP contribution in [0.1, 0.15) is 46.5 Å². The van der Waals surface area contributed by atoms with Crippen LogP contribution in [0.4, 0.5) is 0 Å². The van der Waals surface area contributed by atoms with Crippen LogP contribution in [-0.2, 0) is 14.3 Å². The third-order valence-corrected chi connectivity index (χ3v) is 2.53. The van der Waals surface area contributed by atoms with Crippen molar-refractivity contribution in [1.29, 1.82) is 0 Å². The minimum Gasteiger partial charge on any atom is -0.459 e. The average Bonchev–Trinajstić information content (AvgIpc) is 2.63. The zero-order valence-electron chi connectivity index (χ0n) is 10.5. The standard InChI is InChI=1S/C12H23NO3/c1-12(2,3)16-11(14)10(13)7-6-9-5-4-8-15-9/h9-10H,4-8,13H2,1-3H3. The maximum Gasteiger partial charge on any atom is 0.323 e. The van der Waals surface area contributed by atoms with Crippen LogP contribution in [0.25, 0.3) is 0 Å². The van der Waals surface area contributed by atoms with Gasteiger partial charge in [0.15, 0.2) is 0 Å². The quantitative estimate of drug-likeness (QED) is 0.744. The Hall–Kier alpha value is -0.610. The Morgan fingerprint density at radius 2 is 2.25 bits per heavy atom. The molecule has 0 spiro atoms. The Bertz CT molecular complexity index is 229. The molecule has 0 bridgehead atoms. The highest BCUT2D eigenvalue weighted by Crippen LogP contribution is 2.18. The second kappa shape index (κ2) is 5.64. The molecule has 0 aromatic carbocycles. The molecule has 1 aliphatic heterocycles. The van der Waals surface area contributed by atoms with Gasteiger partial charge < -0.3 is 15.2 Å². The van der Waals surface area contributed by atoms with E-state index < -0.39 is 11.6 Å². The van der Waals surface area contributed by atoms with Crippen LogP contribution in [0, 0.1) is 0 Å². The molecular weight excluding hydrogens is 206 g/mol. The molecule has 1 saturated heterocycles. The fourth-order valence-corrected chi connectivity index (χ4v) is 1.73. The zero-order valence-corrected chi connectivity index (χ0v) is 10.5. The van der Waals surface area contributed by atoms with Gasteiger partial charge in [0.1, 0.15) is 11.6 Å². The number of rotatable bonds is 4. The van der Waals surface area contributed by atoms with Crippen LogP contribution in [-0.4, -0.2) is 30.3 Å². The molecule has 4 nitrogen and oxygen atoms in total. The summed E-state index contributed by atoms with van der Waals surface area (Å²) in [5.41, 5.74) is 5.31. The first-order valence-corrected chi connectivity index (χ1v) is 5.98. The number of carbonyl (C=O) groups is 1. The number of hydrogen-bond acceptors (Lipinski definition) is 4. The summed E-state index contributed by atoms with van der Waals surface area (Å²) in [6, 6.07) is -0.525. The topological polar surface area (TPSA) is 61.5 Å². The normalized spacial score (nSPS) is 23.1. The van der Waals surface area contributed by atoms with Crippen LogP contribution in [0.2, 0.25) is 0 Å². The minimum atomic E-state index is -0.525. The van der Waals surface area contributed by atoms with Gasteiger partial charge in [-0.15, -0.1) is 0 Å². The Morgan fingerprint density at radius 3 is 2.75 bits per heavy atom. The highest BCUT2D eigenvalue weighted by atomic mass is 16.6. The molecule has 2 unspecified atom stereocenters. The van der Waals surface area contributed by atoms with E-state index in [1.54, 1.807) is 0 Å². The number of esters is 1. The van der Waals surface area contributed by atoms with Crippen LogP contribution in [0.3, 0.4) is 0 Å². The van der Waals surface area contributed by atoms with E-state index in [9.17, 15) is 4.79 Å². The molecule has 0 aromatic rings. The maximum atomic E-state index is 11.6. The lowest BCUT2D eigenvalue weighted by atomic mass is 10.1. The summed E-state index contributed by atoms with van der Waals surface area (Å²) in [6.07, 6.45) is 3.97. The van der Waals surface area contributed by atoms with E-state index in [2.05, 4.69) is 0 Å². The minimum absolute atomic E-state index is 0.286. The maximum absolute atomic E-state index is 11.6. The molecule has 2 atom stereocenters. The van der Waals surface area contributed by atoms with E-state index in [0.29, 0.717) is 6.42 Å². The molecule has 0 saturated carbocycles. The summed E-state index contributed by atoms with van der Waals surface area (Å²) in [4.78, 5) is 11.6. The van der Waals surface area contributed by atoms with Gasteiger partial charge in [-0.2, -0.15) is 0 Å². The van der Waals surface area contributed by atoms with E-state index in [4.69, 9.17) is 15.2 Å². The highest BCUT2D eigenvalue weighted by Gasteiger charge is 2.24. The lowest BCUT2D eigenvalue weighted by Crippen LogP contribution is -2.37. The van der Waals surface area contributed by atoms with Gasteiger partial charge >= 0.3 is 5.97 Å². The molecule has 1 fully saturated rings. The van der Waals surface area contributed by atoms with Crippen molar-refractivity contribution in [2.75, 3.05) is 6.61 Å². The molecule has 94 valence electrons. The van der Waals surface area contributed by atoms with E-state index in [1.165, 1.54) is 0 Å². The average molecular weight is 229 g/mol. The van der Waals surface area contributed by atoms with Gasteiger partial charge in [0, 0.05) is 6.61 Å².